The first-order chi connectivity index (χ1) is 13.7. The van der Waals surface area contributed by atoms with Crippen molar-refractivity contribution in [1.29, 1.82) is 0 Å². The molecule has 1 aromatic carbocycles. The largest absolute Gasteiger partial charge is 0.469 e. The van der Waals surface area contributed by atoms with Crippen molar-refractivity contribution in [3.63, 3.8) is 0 Å². The predicted molar refractivity (Wildman–Crippen MR) is 114 cm³/mol. The number of carbonyl (C=O) groups is 1. The van der Waals surface area contributed by atoms with Gasteiger partial charge in [0.25, 0.3) is 0 Å². The molecule has 0 fully saturated rings. The first-order valence-corrected chi connectivity index (χ1v) is 10.2. The minimum atomic E-state index is -0.135. The molecule has 0 aliphatic carbocycles. The fourth-order valence-corrected chi connectivity index (χ4v) is 3.12. The number of para-hydroxylation sites is 2. The van der Waals surface area contributed by atoms with Crippen LogP contribution in [0.25, 0.3) is 11.0 Å². The molecule has 2 N–H and O–H groups in total. The van der Waals surface area contributed by atoms with Gasteiger partial charge in [0.1, 0.15) is 5.82 Å². The standard InChI is InChI=1S/C21H33N5O2/c1-4-22-21(23-14-9-5-6-13-20(27)28-3)24-15-10-16-26-17(2)25-18-11-7-8-12-19(18)26/h7-8,11-12H,4-6,9-10,13-16H2,1-3H3,(H2,22,23,24). The number of aromatic nitrogens is 2. The number of esters is 1. The number of methoxy groups -OCH3 is 1. The molecule has 2 rings (SSSR count). The lowest BCUT2D eigenvalue weighted by Crippen LogP contribution is -2.37. The molecule has 2 aromatic rings. The Morgan fingerprint density at radius 3 is 2.79 bits per heavy atom. The van der Waals surface area contributed by atoms with E-state index >= 15 is 0 Å². The normalized spacial score (nSPS) is 11.6. The zero-order valence-corrected chi connectivity index (χ0v) is 17.3. The number of rotatable bonds is 11. The van der Waals surface area contributed by atoms with E-state index in [0.717, 1.165) is 69.2 Å². The first-order valence-electron chi connectivity index (χ1n) is 10.2. The second kappa shape index (κ2) is 12.0. The highest BCUT2D eigenvalue weighted by Gasteiger charge is 2.06. The lowest BCUT2D eigenvalue weighted by atomic mass is 10.2. The molecule has 0 saturated heterocycles. The van der Waals surface area contributed by atoms with Crippen LogP contribution in [0.1, 0.15) is 44.9 Å². The van der Waals surface area contributed by atoms with Gasteiger partial charge in [-0.1, -0.05) is 18.6 Å². The maximum atomic E-state index is 11.1. The molecule has 0 amide bonds. The Bertz CT molecular complexity index is 769. The summed E-state index contributed by atoms with van der Waals surface area (Å²) in [5, 5.41) is 6.64. The van der Waals surface area contributed by atoms with Crippen molar-refractivity contribution in [3.05, 3.63) is 30.1 Å². The van der Waals surface area contributed by atoms with Crippen molar-refractivity contribution in [2.75, 3.05) is 26.7 Å². The maximum Gasteiger partial charge on any atom is 0.305 e. The van der Waals surface area contributed by atoms with Gasteiger partial charge in [-0.15, -0.1) is 0 Å². The fraction of sp³-hybridized carbons (Fsp3) is 0.571. The molecular formula is C21H33N5O2. The number of carbonyl (C=O) groups excluding carboxylic acids is 1. The highest BCUT2D eigenvalue weighted by molar-refractivity contribution is 5.79. The van der Waals surface area contributed by atoms with Crippen LogP contribution in [0.4, 0.5) is 0 Å². The molecule has 0 bridgehead atoms. The Morgan fingerprint density at radius 1 is 1.18 bits per heavy atom. The van der Waals surface area contributed by atoms with Gasteiger partial charge in [-0.25, -0.2) is 4.98 Å². The predicted octanol–water partition coefficient (Wildman–Crippen LogP) is 3.02. The van der Waals surface area contributed by atoms with Crippen molar-refractivity contribution in [2.24, 2.45) is 4.99 Å². The van der Waals surface area contributed by atoms with E-state index in [1.54, 1.807) is 0 Å². The van der Waals surface area contributed by atoms with Gasteiger partial charge in [-0.2, -0.15) is 0 Å². The molecular weight excluding hydrogens is 354 g/mol. The van der Waals surface area contributed by atoms with E-state index in [-0.39, 0.29) is 5.97 Å². The molecule has 0 atom stereocenters. The van der Waals surface area contributed by atoms with Gasteiger partial charge >= 0.3 is 5.97 Å². The summed E-state index contributed by atoms with van der Waals surface area (Å²) < 4.78 is 6.91. The molecule has 0 aliphatic heterocycles. The van der Waals surface area contributed by atoms with Crippen molar-refractivity contribution < 1.29 is 9.53 Å². The van der Waals surface area contributed by atoms with E-state index in [2.05, 4.69) is 62.0 Å². The van der Waals surface area contributed by atoms with Gasteiger partial charge < -0.3 is 19.9 Å². The Kier molecular flexibility index (Phi) is 9.31. The highest BCUT2D eigenvalue weighted by atomic mass is 16.5. The van der Waals surface area contributed by atoms with Crippen LogP contribution in [0, 0.1) is 6.92 Å². The summed E-state index contributed by atoms with van der Waals surface area (Å²) in [5.74, 6) is 1.76. The SMILES string of the molecule is CCNC(=NCCCn1c(C)nc2ccccc21)NCCCCCC(=O)OC. The van der Waals surface area contributed by atoms with Crippen LogP contribution in [0.3, 0.4) is 0 Å². The smallest absolute Gasteiger partial charge is 0.305 e. The van der Waals surface area contributed by atoms with Gasteiger partial charge in [0, 0.05) is 32.6 Å². The van der Waals surface area contributed by atoms with Crippen molar-refractivity contribution >= 4 is 23.0 Å². The van der Waals surface area contributed by atoms with Gasteiger partial charge in [-0.3, -0.25) is 9.79 Å². The third-order valence-corrected chi connectivity index (χ3v) is 4.58. The number of nitrogens with one attached hydrogen (secondary N) is 2. The van der Waals surface area contributed by atoms with Gasteiger partial charge in [0.2, 0.25) is 0 Å². The zero-order chi connectivity index (χ0) is 20.2. The summed E-state index contributed by atoms with van der Waals surface area (Å²) in [6.45, 7) is 7.45. The zero-order valence-electron chi connectivity index (χ0n) is 17.3. The van der Waals surface area contributed by atoms with Gasteiger partial charge in [-0.05, 0) is 45.2 Å². The highest BCUT2D eigenvalue weighted by Crippen LogP contribution is 2.15. The Hall–Kier alpha value is -2.57. The number of guanidine groups is 1. The molecule has 0 spiro atoms. The van der Waals surface area contributed by atoms with Crippen molar-refractivity contribution in [3.8, 4) is 0 Å². The minimum absolute atomic E-state index is 0.135. The van der Waals surface area contributed by atoms with E-state index in [4.69, 9.17) is 0 Å². The number of fused-ring (bicyclic) bond motifs is 1. The molecule has 0 saturated carbocycles. The van der Waals surface area contributed by atoms with E-state index in [1.807, 2.05) is 6.07 Å². The van der Waals surface area contributed by atoms with Gasteiger partial charge in [0.15, 0.2) is 5.96 Å². The molecule has 7 nitrogen and oxygen atoms in total. The Labute approximate surface area is 167 Å². The molecule has 0 aliphatic rings. The van der Waals surface area contributed by atoms with Crippen molar-refractivity contribution in [2.45, 2.75) is 52.5 Å². The number of nitrogens with zero attached hydrogens (tertiary/aromatic N) is 3. The van der Waals surface area contributed by atoms with E-state index < -0.39 is 0 Å². The third kappa shape index (κ3) is 6.87. The van der Waals surface area contributed by atoms with Crippen LogP contribution in [-0.4, -0.2) is 48.2 Å². The molecule has 28 heavy (non-hydrogen) atoms. The molecule has 154 valence electrons. The summed E-state index contributed by atoms with van der Waals surface area (Å²) in [5.41, 5.74) is 2.23. The van der Waals surface area contributed by atoms with E-state index in [9.17, 15) is 4.79 Å². The number of imidazole rings is 1. The molecule has 1 heterocycles. The lowest BCUT2D eigenvalue weighted by molar-refractivity contribution is -0.140. The monoisotopic (exact) mass is 387 g/mol. The molecule has 0 unspecified atom stereocenters. The summed E-state index contributed by atoms with van der Waals surface area (Å²) in [6.07, 6.45) is 4.31. The number of hydrogen-bond donors (Lipinski definition) is 2. The number of benzene rings is 1. The quantitative estimate of drug-likeness (QED) is 0.268. The molecule has 0 radical (unpaired) electrons. The number of aryl methyl sites for hydroxylation is 2. The Morgan fingerprint density at radius 2 is 2.00 bits per heavy atom. The van der Waals surface area contributed by atoms with E-state index in [1.165, 1.54) is 12.6 Å². The van der Waals surface area contributed by atoms with Crippen LogP contribution >= 0.6 is 0 Å². The summed E-state index contributed by atoms with van der Waals surface area (Å²) in [6, 6.07) is 8.24. The van der Waals surface area contributed by atoms with E-state index in [0.29, 0.717) is 6.42 Å². The van der Waals surface area contributed by atoms with Crippen molar-refractivity contribution in [1.82, 2.24) is 20.2 Å². The van der Waals surface area contributed by atoms with Crippen LogP contribution < -0.4 is 10.6 Å². The summed E-state index contributed by atoms with van der Waals surface area (Å²) >= 11 is 0. The topological polar surface area (TPSA) is 80.5 Å². The second-order valence-corrected chi connectivity index (χ2v) is 6.73. The molecule has 1 aromatic heterocycles. The van der Waals surface area contributed by atoms with Crippen LogP contribution in [0.2, 0.25) is 0 Å². The van der Waals surface area contributed by atoms with Gasteiger partial charge in [0.05, 0.1) is 18.1 Å². The first kappa shape index (κ1) is 21.7. The second-order valence-electron chi connectivity index (χ2n) is 6.73. The average Bonchev–Trinajstić information content (AvgIpc) is 3.02. The number of unbranched alkanes of at least 4 members (excludes halogenated alkanes) is 2. The molecule has 7 heteroatoms. The number of aliphatic imine (C=N–C) groups is 1. The van der Waals surface area contributed by atoms with Crippen LogP contribution in [0.5, 0.6) is 0 Å². The number of ether oxygens (including phenoxy) is 1. The minimum Gasteiger partial charge on any atom is -0.469 e. The number of hydrogen-bond acceptors (Lipinski definition) is 4. The fourth-order valence-electron chi connectivity index (χ4n) is 3.12. The summed E-state index contributed by atoms with van der Waals surface area (Å²) in [4.78, 5) is 20.4. The average molecular weight is 388 g/mol. The Balaban J connectivity index is 1.73. The van der Waals surface area contributed by atoms with Crippen LogP contribution in [-0.2, 0) is 16.1 Å². The summed E-state index contributed by atoms with van der Waals surface area (Å²) in [7, 11) is 1.43. The maximum absolute atomic E-state index is 11.1. The third-order valence-electron chi connectivity index (χ3n) is 4.58. The lowest BCUT2D eigenvalue weighted by Gasteiger charge is -2.11. The van der Waals surface area contributed by atoms with Crippen LogP contribution in [0.15, 0.2) is 29.3 Å².